The summed E-state index contributed by atoms with van der Waals surface area (Å²) in [5, 5.41) is 16.2. The monoisotopic (exact) mass is 564 g/mol. The predicted molar refractivity (Wildman–Crippen MR) is 170 cm³/mol. The summed E-state index contributed by atoms with van der Waals surface area (Å²) in [5.74, 6) is 2.39. The van der Waals surface area contributed by atoms with Gasteiger partial charge in [0.1, 0.15) is 6.04 Å². The number of hydrogen-bond donors (Lipinski definition) is 3. The van der Waals surface area contributed by atoms with E-state index in [-0.39, 0.29) is 24.8 Å². The SMILES string of the molecule is CCSCC(CC1CCCCC1)NCc1ccc(C(=O)N[C@@H](CCSC)C(=O)O)c(-c2ccccc2C)c1.[LiH]. The molecule has 0 bridgehead atoms. The molecule has 1 saturated carbocycles. The summed E-state index contributed by atoms with van der Waals surface area (Å²) in [4.78, 5) is 25.1. The molecule has 2 aromatic rings. The van der Waals surface area contributed by atoms with Crippen LogP contribution in [0.4, 0.5) is 0 Å². The van der Waals surface area contributed by atoms with Crippen LogP contribution in [-0.4, -0.2) is 71.4 Å². The number of aliphatic carboxylic acids is 1. The number of carbonyl (C=O) groups is 2. The zero-order chi connectivity index (χ0) is 27.3. The van der Waals surface area contributed by atoms with Gasteiger partial charge in [0.15, 0.2) is 0 Å². The summed E-state index contributed by atoms with van der Waals surface area (Å²) in [5.41, 5.74) is 4.57. The molecule has 210 valence electrons. The van der Waals surface area contributed by atoms with Crippen LogP contribution in [0.1, 0.15) is 73.4 Å². The molecule has 1 fully saturated rings. The molecular formula is C31H45LiN2O3S2. The molecule has 0 spiro atoms. The van der Waals surface area contributed by atoms with Crippen LogP contribution >= 0.6 is 23.5 Å². The van der Waals surface area contributed by atoms with Crippen LogP contribution in [0.15, 0.2) is 42.5 Å². The Bertz CT molecular complexity index is 1050. The Balaban J connectivity index is 0.00000533. The number of amides is 1. The van der Waals surface area contributed by atoms with E-state index >= 15 is 0 Å². The van der Waals surface area contributed by atoms with E-state index in [0.29, 0.717) is 23.8 Å². The van der Waals surface area contributed by atoms with Crippen molar-refractivity contribution in [3.05, 3.63) is 59.2 Å². The molecule has 1 amide bonds. The molecule has 3 N–H and O–H groups in total. The van der Waals surface area contributed by atoms with Gasteiger partial charge in [-0.25, -0.2) is 4.79 Å². The minimum atomic E-state index is -1.00. The molecule has 8 heteroatoms. The van der Waals surface area contributed by atoms with Crippen molar-refractivity contribution in [2.75, 3.05) is 23.5 Å². The molecule has 3 rings (SSSR count). The molecule has 0 heterocycles. The van der Waals surface area contributed by atoms with Crippen molar-refractivity contribution < 1.29 is 14.7 Å². The second-order valence-corrected chi connectivity index (χ2v) is 12.6. The van der Waals surface area contributed by atoms with Crippen LogP contribution < -0.4 is 10.6 Å². The zero-order valence-corrected chi connectivity index (χ0v) is 24.8. The molecule has 39 heavy (non-hydrogen) atoms. The van der Waals surface area contributed by atoms with Crippen LogP contribution in [0, 0.1) is 12.8 Å². The summed E-state index contributed by atoms with van der Waals surface area (Å²) in [6, 6.07) is 13.6. The number of carboxylic acids is 1. The van der Waals surface area contributed by atoms with E-state index in [2.05, 4.69) is 23.6 Å². The Morgan fingerprint density at radius 3 is 2.49 bits per heavy atom. The van der Waals surface area contributed by atoms with E-state index < -0.39 is 12.0 Å². The Kier molecular flexibility index (Phi) is 15.7. The first kappa shape index (κ1) is 33.8. The molecule has 5 nitrogen and oxygen atoms in total. The molecule has 0 aliphatic heterocycles. The van der Waals surface area contributed by atoms with Gasteiger partial charge in [-0.15, -0.1) is 0 Å². The summed E-state index contributed by atoms with van der Waals surface area (Å²) in [6.07, 6.45) is 10.4. The number of rotatable bonds is 15. The Hall–Kier alpha value is -1.36. The van der Waals surface area contributed by atoms with Crippen molar-refractivity contribution in [1.82, 2.24) is 10.6 Å². The normalized spacial score (nSPS) is 15.3. The third-order valence-electron chi connectivity index (χ3n) is 7.44. The van der Waals surface area contributed by atoms with Gasteiger partial charge in [0.05, 0.1) is 0 Å². The number of benzene rings is 2. The first-order valence-electron chi connectivity index (χ1n) is 14.0. The molecule has 2 aromatic carbocycles. The number of hydrogen-bond acceptors (Lipinski definition) is 5. The standard InChI is InChI=1S/C31H44N2O3S2.Li.H/c1-4-38-21-25(18-23-11-6-5-7-12-23)32-20-24-14-15-27(28(19-24)26-13-9-8-10-22(26)2)30(34)33-29(31(35)36)16-17-37-3;;/h8-10,13-15,19,23,25,29,32H,4-7,11-12,16-18,20-21H2,1-3H3,(H,33,34)(H,35,36);;/t25?,29-;;/m0../s1. The fourth-order valence-electron chi connectivity index (χ4n) is 5.28. The quantitative estimate of drug-likeness (QED) is 0.226. The van der Waals surface area contributed by atoms with Crippen molar-refractivity contribution in [3.63, 3.8) is 0 Å². The van der Waals surface area contributed by atoms with Gasteiger partial charge >= 0.3 is 24.8 Å². The fraction of sp³-hybridized carbons (Fsp3) is 0.548. The van der Waals surface area contributed by atoms with E-state index in [0.717, 1.165) is 46.2 Å². The minimum absolute atomic E-state index is 0. The molecule has 1 aliphatic rings. The molecule has 0 saturated heterocycles. The van der Waals surface area contributed by atoms with Gasteiger partial charge in [0, 0.05) is 23.9 Å². The Labute approximate surface area is 255 Å². The summed E-state index contributed by atoms with van der Waals surface area (Å²) >= 11 is 3.57. The van der Waals surface area contributed by atoms with Gasteiger partial charge in [-0.05, 0) is 77.8 Å². The van der Waals surface area contributed by atoms with E-state index in [1.54, 1.807) is 11.8 Å². The molecule has 2 atom stereocenters. The van der Waals surface area contributed by atoms with Crippen LogP contribution in [0.3, 0.4) is 0 Å². The van der Waals surface area contributed by atoms with Crippen molar-refractivity contribution in [2.24, 2.45) is 5.92 Å². The van der Waals surface area contributed by atoms with E-state index in [1.807, 2.05) is 61.3 Å². The first-order valence-corrected chi connectivity index (χ1v) is 16.5. The van der Waals surface area contributed by atoms with Crippen LogP contribution in [0.5, 0.6) is 0 Å². The van der Waals surface area contributed by atoms with Crippen LogP contribution in [0.25, 0.3) is 11.1 Å². The molecule has 1 unspecified atom stereocenters. The number of carbonyl (C=O) groups excluding carboxylic acids is 1. The summed E-state index contributed by atoms with van der Waals surface area (Å²) in [6.45, 7) is 5.01. The molecule has 1 aliphatic carbocycles. The van der Waals surface area contributed by atoms with Gasteiger partial charge < -0.3 is 15.7 Å². The third-order valence-corrected chi connectivity index (χ3v) is 9.13. The molecule has 0 aromatic heterocycles. The maximum atomic E-state index is 13.3. The van der Waals surface area contributed by atoms with E-state index in [4.69, 9.17) is 0 Å². The predicted octanol–water partition coefficient (Wildman–Crippen LogP) is 6.13. The van der Waals surface area contributed by atoms with Gasteiger partial charge in [-0.1, -0.05) is 69.4 Å². The van der Waals surface area contributed by atoms with E-state index in [1.165, 1.54) is 38.5 Å². The Morgan fingerprint density at radius 1 is 1.08 bits per heavy atom. The zero-order valence-electron chi connectivity index (χ0n) is 23.1. The fourth-order valence-corrected chi connectivity index (χ4v) is 6.53. The van der Waals surface area contributed by atoms with Gasteiger partial charge in [-0.3, -0.25) is 4.79 Å². The number of nitrogens with one attached hydrogen (secondary N) is 2. The van der Waals surface area contributed by atoms with Crippen LogP contribution in [-0.2, 0) is 11.3 Å². The molecular weight excluding hydrogens is 519 g/mol. The first-order chi connectivity index (χ1) is 18.4. The summed E-state index contributed by atoms with van der Waals surface area (Å²) < 4.78 is 0. The average Bonchev–Trinajstić information content (AvgIpc) is 2.93. The number of aryl methyl sites for hydroxylation is 1. The number of carboxylic acid groups (broad SMARTS) is 1. The van der Waals surface area contributed by atoms with Gasteiger partial charge in [0.2, 0.25) is 0 Å². The Morgan fingerprint density at radius 2 is 1.82 bits per heavy atom. The second kappa shape index (κ2) is 18.1. The van der Waals surface area contributed by atoms with Crippen molar-refractivity contribution in [3.8, 4) is 11.1 Å². The van der Waals surface area contributed by atoms with Gasteiger partial charge in [-0.2, -0.15) is 23.5 Å². The van der Waals surface area contributed by atoms with Crippen LogP contribution in [0.2, 0.25) is 0 Å². The van der Waals surface area contributed by atoms with E-state index in [9.17, 15) is 14.7 Å². The average molecular weight is 565 g/mol. The maximum absolute atomic E-state index is 13.3. The summed E-state index contributed by atoms with van der Waals surface area (Å²) in [7, 11) is 0. The van der Waals surface area contributed by atoms with Gasteiger partial charge in [0.25, 0.3) is 5.91 Å². The third kappa shape index (κ3) is 10.9. The number of thioether (sulfide) groups is 2. The molecule has 0 radical (unpaired) electrons. The second-order valence-electron chi connectivity index (χ2n) is 10.3. The topological polar surface area (TPSA) is 78.4 Å². The van der Waals surface area contributed by atoms with Crippen molar-refractivity contribution in [1.29, 1.82) is 0 Å². The van der Waals surface area contributed by atoms with Crippen molar-refractivity contribution in [2.45, 2.75) is 77.4 Å². The van der Waals surface area contributed by atoms with Crippen molar-refractivity contribution >= 4 is 54.3 Å².